The molecule has 0 aliphatic carbocycles. The van der Waals surface area contributed by atoms with E-state index in [1.807, 2.05) is 25.2 Å². The van der Waals surface area contributed by atoms with Crippen molar-refractivity contribution in [3.63, 3.8) is 0 Å². The Labute approximate surface area is 116 Å². The molecule has 0 spiro atoms. The first-order valence-corrected chi connectivity index (χ1v) is 6.56. The standard InChI is InChI=1S/C13H19BrN2O2/c1-9(13(17)16(3)4)18-12-6-5-11(14)7-10(12)8-15-2/h5-7,9,15H,8H2,1-4H3. The molecule has 1 atom stereocenters. The van der Waals surface area contributed by atoms with E-state index in [2.05, 4.69) is 21.2 Å². The Morgan fingerprint density at radius 1 is 1.50 bits per heavy atom. The number of carbonyl (C=O) groups excluding carboxylic acids is 1. The number of hydrogen-bond donors (Lipinski definition) is 1. The third kappa shape index (κ3) is 3.99. The summed E-state index contributed by atoms with van der Waals surface area (Å²) in [5, 5.41) is 3.08. The van der Waals surface area contributed by atoms with E-state index in [1.165, 1.54) is 4.90 Å². The Balaban J connectivity index is 2.86. The number of amides is 1. The van der Waals surface area contributed by atoms with Gasteiger partial charge < -0.3 is 15.0 Å². The number of ether oxygens (including phenoxy) is 1. The van der Waals surface area contributed by atoms with Gasteiger partial charge in [0.25, 0.3) is 5.91 Å². The Kier molecular flexibility index (Phi) is 5.62. The summed E-state index contributed by atoms with van der Waals surface area (Å²) in [6.07, 6.45) is -0.489. The molecule has 1 rings (SSSR count). The smallest absolute Gasteiger partial charge is 0.262 e. The molecule has 0 saturated carbocycles. The minimum atomic E-state index is -0.489. The van der Waals surface area contributed by atoms with Gasteiger partial charge >= 0.3 is 0 Å². The molecule has 0 fully saturated rings. The third-order valence-electron chi connectivity index (χ3n) is 2.48. The molecule has 0 aliphatic heterocycles. The average Bonchev–Trinajstić information content (AvgIpc) is 2.31. The lowest BCUT2D eigenvalue weighted by atomic mass is 10.2. The first kappa shape index (κ1) is 15.0. The Hall–Kier alpha value is -1.07. The van der Waals surface area contributed by atoms with Gasteiger partial charge in [-0.25, -0.2) is 0 Å². The lowest BCUT2D eigenvalue weighted by molar-refractivity contribution is -0.135. The fourth-order valence-corrected chi connectivity index (χ4v) is 2.00. The highest BCUT2D eigenvalue weighted by molar-refractivity contribution is 9.10. The zero-order valence-electron chi connectivity index (χ0n) is 11.2. The summed E-state index contributed by atoms with van der Waals surface area (Å²) in [7, 11) is 5.32. The molecule has 18 heavy (non-hydrogen) atoms. The largest absolute Gasteiger partial charge is 0.481 e. The Bertz CT molecular complexity index is 421. The average molecular weight is 315 g/mol. The van der Waals surface area contributed by atoms with Gasteiger partial charge in [-0.1, -0.05) is 15.9 Å². The zero-order valence-corrected chi connectivity index (χ0v) is 12.7. The van der Waals surface area contributed by atoms with Gasteiger partial charge in [0.1, 0.15) is 5.75 Å². The molecule has 1 aromatic carbocycles. The minimum Gasteiger partial charge on any atom is -0.481 e. The maximum atomic E-state index is 11.8. The number of nitrogens with zero attached hydrogens (tertiary/aromatic N) is 1. The number of halogens is 1. The monoisotopic (exact) mass is 314 g/mol. The first-order chi connectivity index (χ1) is 8.45. The van der Waals surface area contributed by atoms with Crippen LogP contribution >= 0.6 is 15.9 Å². The summed E-state index contributed by atoms with van der Waals surface area (Å²) in [5.74, 6) is 0.684. The van der Waals surface area contributed by atoms with Crippen LogP contribution in [0.25, 0.3) is 0 Å². The van der Waals surface area contributed by atoms with Crippen LogP contribution < -0.4 is 10.1 Å². The molecular weight excluding hydrogens is 296 g/mol. The van der Waals surface area contributed by atoms with Gasteiger partial charge in [0, 0.05) is 30.7 Å². The van der Waals surface area contributed by atoms with Crippen molar-refractivity contribution in [2.75, 3.05) is 21.1 Å². The number of carbonyl (C=O) groups is 1. The lowest BCUT2D eigenvalue weighted by Crippen LogP contribution is -2.35. The molecule has 0 heterocycles. The van der Waals surface area contributed by atoms with Crippen LogP contribution in [0.3, 0.4) is 0 Å². The van der Waals surface area contributed by atoms with Crippen LogP contribution in [0.1, 0.15) is 12.5 Å². The minimum absolute atomic E-state index is 0.0478. The molecule has 1 amide bonds. The van der Waals surface area contributed by atoms with Crippen molar-refractivity contribution in [3.8, 4) is 5.75 Å². The molecule has 0 radical (unpaired) electrons. The van der Waals surface area contributed by atoms with Crippen LogP contribution in [0.5, 0.6) is 5.75 Å². The molecule has 1 N–H and O–H groups in total. The quantitative estimate of drug-likeness (QED) is 0.904. The number of rotatable bonds is 5. The van der Waals surface area contributed by atoms with E-state index >= 15 is 0 Å². The van der Waals surface area contributed by atoms with Crippen LogP contribution in [-0.4, -0.2) is 38.1 Å². The summed E-state index contributed by atoms with van der Waals surface area (Å²) in [4.78, 5) is 13.3. The highest BCUT2D eigenvalue weighted by atomic mass is 79.9. The predicted octanol–water partition coefficient (Wildman–Crippen LogP) is 2.02. The number of benzene rings is 1. The van der Waals surface area contributed by atoms with Crippen molar-refractivity contribution in [1.82, 2.24) is 10.2 Å². The molecule has 0 aromatic heterocycles. The maximum absolute atomic E-state index is 11.8. The zero-order chi connectivity index (χ0) is 13.7. The van der Waals surface area contributed by atoms with E-state index in [-0.39, 0.29) is 5.91 Å². The maximum Gasteiger partial charge on any atom is 0.262 e. The van der Waals surface area contributed by atoms with Crippen molar-refractivity contribution < 1.29 is 9.53 Å². The van der Waals surface area contributed by atoms with Crippen LogP contribution in [-0.2, 0) is 11.3 Å². The number of nitrogens with one attached hydrogen (secondary N) is 1. The molecule has 100 valence electrons. The van der Waals surface area contributed by atoms with Crippen molar-refractivity contribution in [3.05, 3.63) is 28.2 Å². The van der Waals surface area contributed by atoms with Gasteiger partial charge in [-0.15, -0.1) is 0 Å². The first-order valence-electron chi connectivity index (χ1n) is 5.76. The Morgan fingerprint density at radius 3 is 2.72 bits per heavy atom. The SMILES string of the molecule is CNCc1cc(Br)ccc1OC(C)C(=O)N(C)C. The van der Waals surface area contributed by atoms with Crippen molar-refractivity contribution in [2.24, 2.45) is 0 Å². The second-order valence-corrected chi connectivity index (χ2v) is 5.19. The molecule has 0 saturated heterocycles. The second kappa shape index (κ2) is 6.75. The fraction of sp³-hybridized carbons (Fsp3) is 0.462. The highest BCUT2D eigenvalue weighted by Crippen LogP contribution is 2.24. The van der Waals surface area contributed by atoms with E-state index < -0.39 is 6.10 Å². The predicted molar refractivity (Wildman–Crippen MR) is 75.7 cm³/mol. The molecule has 0 bridgehead atoms. The van der Waals surface area contributed by atoms with Gasteiger partial charge in [0.15, 0.2) is 6.10 Å². The number of likely N-dealkylation sites (N-methyl/N-ethyl adjacent to an activating group) is 1. The lowest BCUT2D eigenvalue weighted by Gasteiger charge is -2.20. The molecular formula is C13H19BrN2O2. The van der Waals surface area contributed by atoms with Gasteiger partial charge in [-0.05, 0) is 32.2 Å². The van der Waals surface area contributed by atoms with Crippen molar-refractivity contribution in [2.45, 2.75) is 19.6 Å². The highest BCUT2D eigenvalue weighted by Gasteiger charge is 2.17. The molecule has 5 heteroatoms. The topological polar surface area (TPSA) is 41.6 Å². The van der Waals surface area contributed by atoms with E-state index in [0.717, 1.165) is 15.8 Å². The van der Waals surface area contributed by atoms with E-state index in [4.69, 9.17) is 4.74 Å². The van der Waals surface area contributed by atoms with E-state index in [9.17, 15) is 4.79 Å². The Morgan fingerprint density at radius 2 is 2.17 bits per heavy atom. The molecule has 1 unspecified atom stereocenters. The van der Waals surface area contributed by atoms with Gasteiger partial charge in [-0.3, -0.25) is 4.79 Å². The van der Waals surface area contributed by atoms with Crippen LogP contribution in [0.4, 0.5) is 0 Å². The van der Waals surface area contributed by atoms with Crippen LogP contribution in [0, 0.1) is 0 Å². The van der Waals surface area contributed by atoms with Crippen molar-refractivity contribution >= 4 is 21.8 Å². The van der Waals surface area contributed by atoms with E-state index in [0.29, 0.717) is 6.54 Å². The fourth-order valence-electron chi connectivity index (χ4n) is 1.60. The van der Waals surface area contributed by atoms with E-state index in [1.54, 1.807) is 21.0 Å². The summed E-state index contributed by atoms with van der Waals surface area (Å²) in [6.45, 7) is 2.45. The summed E-state index contributed by atoms with van der Waals surface area (Å²) in [6, 6.07) is 5.76. The van der Waals surface area contributed by atoms with Crippen LogP contribution in [0.2, 0.25) is 0 Å². The third-order valence-corrected chi connectivity index (χ3v) is 2.98. The summed E-state index contributed by atoms with van der Waals surface area (Å²) < 4.78 is 6.72. The van der Waals surface area contributed by atoms with Crippen molar-refractivity contribution in [1.29, 1.82) is 0 Å². The number of hydrogen-bond acceptors (Lipinski definition) is 3. The molecule has 0 aliphatic rings. The molecule has 4 nitrogen and oxygen atoms in total. The second-order valence-electron chi connectivity index (χ2n) is 4.28. The van der Waals surface area contributed by atoms with Gasteiger partial charge in [-0.2, -0.15) is 0 Å². The summed E-state index contributed by atoms with van der Waals surface area (Å²) >= 11 is 3.43. The van der Waals surface area contributed by atoms with Gasteiger partial charge in [0.05, 0.1) is 0 Å². The summed E-state index contributed by atoms with van der Waals surface area (Å²) in [5.41, 5.74) is 1.02. The molecule has 1 aromatic rings. The van der Waals surface area contributed by atoms with Crippen LogP contribution in [0.15, 0.2) is 22.7 Å². The normalized spacial score (nSPS) is 12.1. The van der Waals surface area contributed by atoms with Gasteiger partial charge in [0.2, 0.25) is 0 Å².